The first-order valence-corrected chi connectivity index (χ1v) is 4.92. The fourth-order valence-corrected chi connectivity index (χ4v) is 1.84. The number of benzene rings is 1. The van der Waals surface area contributed by atoms with E-state index in [1.54, 1.807) is 13.8 Å². The lowest BCUT2D eigenvalue weighted by Crippen LogP contribution is -2.12. The summed E-state index contributed by atoms with van der Waals surface area (Å²) in [6, 6.07) is 1.21. The zero-order valence-corrected chi connectivity index (χ0v) is 9.52. The van der Waals surface area contributed by atoms with Crippen molar-refractivity contribution in [1.82, 2.24) is 0 Å². The van der Waals surface area contributed by atoms with Gasteiger partial charge in [-0.1, -0.05) is 11.6 Å². The number of carboxylic acid groups (broad SMARTS) is 1. The first kappa shape index (κ1) is 12.0. The molecule has 0 aromatic heterocycles. The van der Waals surface area contributed by atoms with Gasteiger partial charge in [-0.2, -0.15) is 0 Å². The Hall–Kier alpha value is -1.09. The molecule has 82 valence electrons. The Morgan fingerprint density at radius 2 is 2.00 bits per heavy atom. The van der Waals surface area contributed by atoms with Crippen LogP contribution in [0.3, 0.4) is 0 Å². The molecular formula is C11H12ClFO2. The second-order valence-electron chi connectivity index (χ2n) is 3.56. The Morgan fingerprint density at radius 1 is 1.47 bits per heavy atom. The topological polar surface area (TPSA) is 37.3 Å². The number of rotatable bonds is 2. The molecule has 0 amide bonds. The van der Waals surface area contributed by atoms with Gasteiger partial charge in [-0.3, -0.25) is 4.79 Å². The van der Waals surface area contributed by atoms with Gasteiger partial charge >= 0.3 is 5.97 Å². The average molecular weight is 231 g/mol. The van der Waals surface area contributed by atoms with Crippen molar-refractivity contribution in [2.75, 3.05) is 0 Å². The molecule has 0 aliphatic rings. The van der Waals surface area contributed by atoms with Crippen LogP contribution in [0.5, 0.6) is 0 Å². The molecule has 4 heteroatoms. The molecule has 0 saturated carbocycles. The second-order valence-corrected chi connectivity index (χ2v) is 3.97. The third-order valence-electron chi connectivity index (χ3n) is 2.58. The number of carbonyl (C=O) groups is 1. The van der Waals surface area contributed by atoms with Gasteiger partial charge in [-0.05, 0) is 43.5 Å². The standard InChI is InChI=1S/C11H12ClFO2/c1-5-8(12)4-9(13)6(2)10(5)7(3)11(14)15/h4,7H,1-3H3,(H,14,15). The van der Waals surface area contributed by atoms with Gasteiger partial charge in [0.2, 0.25) is 0 Å². The van der Waals surface area contributed by atoms with Crippen LogP contribution >= 0.6 is 11.6 Å². The van der Waals surface area contributed by atoms with Gasteiger partial charge in [-0.15, -0.1) is 0 Å². The quantitative estimate of drug-likeness (QED) is 0.847. The van der Waals surface area contributed by atoms with Crippen molar-refractivity contribution in [2.45, 2.75) is 26.7 Å². The van der Waals surface area contributed by atoms with E-state index in [1.165, 1.54) is 13.0 Å². The smallest absolute Gasteiger partial charge is 0.310 e. The Balaban J connectivity index is 3.45. The maximum absolute atomic E-state index is 13.4. The van der Waals surface area contributed by atoms with Crippen LogP contribution in [-0.2, 0) is 4.79 Å². The first-order chi connectivity index (χ1) is 6.86. The van der Waals surface area contributed by atoms with E-state index in [1.807, 2.05) is 0 Å². The summed E-state index contributed by atoms with van der Waals surface area (Å²) < 4.78 is 13.4. The normalized spacial score (nSPS) is 12.6. The Bertz CT molecular complexity index is 389. The van der Waals surface area contributed by atoms with Crippen LogP contribution in [0.1, 0.15) is 29.5 Å². The monoisotopic (exact) mass is 230 g/mol. The Labute approximate surface area is 92.7 Å². The fourth-order valence-electron chi connectivity index (χ4n) is 1.64. The molecule has 0 saturated heterocycles. The van der Waals surface area contributed by atoms with E-state index >= 15 is 0 Å². The van der Waals surface area contributed by atoms with Gasteiger partial charge < -0.3 is 5.11 Å². The van der Waals surface area contributed by atoms with Crippen molar-refractivity contribution in [3.8, 4) is 0 Å². The summed E-state index contributed by atoms with van der Waals surface area (Å²) >= 11 is 5.81. The van der Waals surface area contributed by atoms with Crippen molar-refractivity contribution in [1.29, 1.82) is 0 Å². The molecule has 0 aliphatic carbocycles. The van der Waals surface area contributed by atoms with E-state index in [9.17, 15) is 9.18 Å². The summed E-state index contributed by atoms with van der Waals surface area (Å²) in [4.78, 5) is 10.9. The molecule has 1 aromatic rings. The molecule has 1 atom stereocenters. The average Bonchev–Trinajstić information content (AvgIpc) is 2.15. The number of halogens is 2. The van der Waals surface area contributed by atoms with Gasteiger partial charge in [0.05, 0.1) is 5.92 Å². The maximum Gasteiger partial charge on any atom is 0.310 e. The highest BCUT2D eigenvalue weighted by atomic mass is 35.5. The second kappa shape index (κ2) is 4.19. The number of hydrogen-bond acceptors (Lipinski definition) is 1. The van der Waals surface area contributed by atoms with Gasteiger partial charge in [0, 0.05) is 5.02 Å². The molecule has 0 heterocycles. The van der Waals surface area contributed by atoms with E-state index < -0.39 is 17.7 Å². The predicted molar refractivity (Wildman–Crippen MR) is 56.9 cm³/mol. The van der Waals surface area contributed by atoms with Crippen LogP contribution in [0.25, 0.3) is 0 Å². The zero-order chi connectivity index (χ0) is 11.7. The van der Waals surface area contributed by atoms with E-state index in [2.05, 4.69) is 0 Å². The van der Waals surface area contributed by atoms with Crippen LogP contribution in [0.2, 0.25) is 5.02 Å². The van der Waals surface area contributed by atoms with Crippen molar-refractivity contribution in [3.63, 3.8) is 0 Å². The lowest BCUT2D eigenvalue weighted by atomic mass is 9.92. The van der Waals surface area contributed by atoms with Crippen molar-refractivity contribution < 1.29 is 14.3 Å². The molecule has 0 radical (unpaired) electrons. The van der Waals surface area contributed by atoms with Crippen LogP contribution in [0, 0.1) is 19.7 Å². The minimum absolute atomic E-state index is 0.265. The van der Waals surface area contributed by atoms with E-state index in [0.29, 0.717) is 16.7 Å². The maximum atomic E-state index is 13.4. The molecule has 1 N–H and O–H groups in total. The lowest BCUT2D eigenvalue weighted by molar-refractivity contribution is -0.138. The highest BCUT2D eigenvalue weighted by Crippen LogP contribution is 2.30. The summed E-state index contributed by atoms with van der Waals surface area (Å²) in [6.45, 7) is 4.78. The van der Waals surface area contributed by atoms with E-state index in [4.69, 9.17) is 16.7 Å². The van der Waals surface area contributed by atoms with Crippen LogP contribution in [0.4, 0.5) is 4.39 Å². The third-order valence-corrected chi connectivity index (χ3v) is 2.97. The Kier molecular flexibility index (Phi) is 3.35. The number of hydrogen-bond donors (Lipinski definition) is 1. The summed E-state index contributed by atoms with van der Waals surface area (Å²) in [5, 5.41) is 9.17. The van der Waals surface area contributed by atoms with Crippen LogP contribution < -0.4 is 0 Å². The molecule has 15 heavy (non-hydrogen) atoms. The van der Waals surface area contributed by atoms with Gasteiger partial charge in [0.1, 0.15) is 5.82 Å². The number of carboxylic acids is 1. The highest BCUT2D eigenvalue weighted by Gasteiger charge is 2.21. The summed E-state index contributed by atoms with van der Waals surface area (Å²) in [5.74, 6) is -2.20. The summed E-state index contributed by atoms with van der Waals surface area (Å²) in [5.41, 5.74) is 1.45. The molecule has 0 fully saturated rings. The predicted octanol–water partition coefficient (Wildman–Crippen LogP) is 3.28. The highest BCUT2D eigenvalue weighted by molar-refractivity contribution is 6.31. The van der Waals surface area contributed by atoms with E-state index in [0.717, 1.165) is 0 Å². The molecule has 1 rings (SSSR count). The van der Waals surface area contributed by atoms with Crippen molar-refractivity contribution >= 4 is 17.6 Å². The van der Waals surface area contributed by atoms with E-state index in [-0.39, 0.29) is 5.02 Å². The van der Waals surface area contributed by atoms with Gasteiger partial charge in [0.15, 0.2) is 0 Å². The summed E-state index contributed by atoms with van der Waals surface area (Å²) in [7, 11) is 0. The Morgan fingerprint density at radius 3 is 2.47 bits per heavy atom. The minimum atomic E-state index is -0.983. The molecule has 1 unspecified atom stereocenters. The molecule has 2 nitrogen and oxygen atoms in total. The minimum Gasteiger partial charge on any atom is -0.481 e. The molecule has 1 aromatic carbocycles. The van der Waals surface area contributed by atoms with Crippen LogP contribution in [-0.4, -0.2) is 11.1 Å². The molecule has 0 bridgehead atoms. The van der Waals surface area contributed by atoms with Crippen molar-refractivity contribution in [3.05, 3.63) is 33.6 Å². The molecular weight excluding hydrogens is 219 g/mol. The largest absolute Gasteiger partial charge is 0.481 e. The lowest BCUT2D eigenvalue weighted by Gasteiger charge is -2.15. The van der Waals surface area contributed by atoms with Gasteiger partial charge in [0.25, 0.3) is 0 Å². The van der Waals surface area contributed by atoms with Crippen molar-refractivity contribution in [2.24, 2.45) is 0 Å². The third kappa shape index (κ3) is 2.12. The van der Waals surface area contributed by atoms with Gasteiger partial charge in [-0.25, -0.2) is 4.39 Å². The molecule has 0 spiro atoms. The SMILES string of the molecule is Cc1c(F)cc(Cl)c(C)c1C(C)C(=O)O. The zero-order valence-electron chi connectivity index (χ0n) is 8.77. The first-order valence-electron chi connectivity index (χ1n) is 4.54. The summed E-state index contributed by atoms with van der Waals surface area (Å²) in [6.07, 6.45) is 0. The molecule has 0 aliphatic heterocycles. The fraction of sp³-hybridized carbons (Fsp3) is 0.364. The number of aliphatic carboxylic acids is 1. The van der Waals surface area contributed by atoms with Crippen LogP contribution in [0.15, 0.2) is 6.07 Å².